The van der Waals surface area contributed by atoms with Gasteiger partial charge in [-0.2, -0.15) is 0 Å². The molecule has 4 heteroatoms. The molecule has 0 aliphatic carbocycles. The largest absolute Gasteiger partial charge is 0.468 e. The van der Waals surface area contributed by atoms with E-state index in [4.69, 9.17) is 0 Å². The second-order valence-electron chi connectivity index (χ2n) is 4.54. The molecule has 1 N–H and O–H groups in total. The maximum atomic E-state index is 11.1. The minimum absolute atomic E-state index is 0.0978. The summed E-state index contributed by atoms with van der Waals surface area (Å²) in [4.78, 5) is 15.1. The predicted molar refractivity (Wildman–Crippen MR) is 78.1 cm³/mol. The molecular formula is C16H18N2O2. The van der Waals surface area contributed by atoms with Crippen LogP contribution in [0.2, 0.25) is 0 Å². The summed E-state index contributed by atoms with van der Waals surface area (Å²) in [7, 11) is 1.39. The molecule has 1 aromatic heterocycles. The van der Waals surface area contributed by atoms with Gasteiger partial charge in [-0.3, -0.25) is 9.78 Å². The monoisotopic (exact) mass is 270 g/mol. The van der Waals surface area contributed by atoms with Gasteiger partial charge in [-0.05, 0) is 35.7 Å². The molecule has 2 aromatic rings. The van der Waals surface area contributed by atoms with Crippen molar-refractivity contribution in [1.29, 1.82) is 0 Å². The number of hydrogen-bond donors (Lipinski definition) is 1. The number of methoxy groups -OCH3 is 1. The van der Waals surface area contributed by atoms with Gasteiger partial charge in [0.1, 0.15) is 0 Å². The average Bonchev–Trinajstić information content (AvgIpc) is 2.53. The molecule has 0 fully saturated rings. The van der Waals surface area contributed by atoms with E-state index in [2.05, 4.69) is 39.3 Å². The van der Waals surface area contributed by atoms with Crippen LogP contribution in [0.15, 0.2) is 48.8 Å². The molecule has 0 aliphatic heterocycles. The lowest BCUT2D eigenvalue weighted by atomic mass is 10.0. The van der Waals surface area contributed by atoms with Gasteiger partial charge in [-0.25, -0.2) is 0 Å². The molecule has 0 saturated carbocycles. The van der Waals surface area contributed by atoms with E-state index in [9.17, 15) is 4.79 Å². The van der Waals surface area contributed by atoms with Crippen molar-refractivity contribution in [3.63, 3.8) is 0 Å². The molecule has 0 amide bonds. The lowest BCUT2D eigenvalue weighted by Gasteiger charge is -2.14. The average molecular weight is 270 g/mol. The van der Waals surface area contributed by atoms with Crippen LogP contribution in [0.1, 0.15) is 18.5 Å². The smallest absolute Gasteiger partial charge is 0.319 e. The van der Waals surface area contributed by atoms with Crippen LogP contribution in [0.25, 0.3) is 11.1 Å². The van der Waals surface area contributed by atoms with Crippen molar-refractivity contribution in [3.8, 4) is 11.1 Å². The Morgan fingerprint density at radius 2 is 1.75 bits per heavy atom. The molecule has 2 rings (SSSR count). The molecule has 1 heterocycles. The Bertz CT molecular complexity index is 552. The molecule has 1 atom stereocenters. The number of carbonyl (C=O) groups excluding carboxylic acids is 1. The van der Waals surface area contributed by atoms with Crippen molar-refractivity contribution in [1.82, 2.24) is 10.3 Å². The Morgan fingerprint density at radius 1 is 1.15 bits per heavy atom. The van der Waals surface area contributed by atoms with Gasteiger partial charge in [-0.1, -0.05) is 24.3 Å². The zero-order chi connectivity index (χ0) is 14.4. The first kappa shape index (κ1) is 14.2. The van der Waals surface area contributed by atoms with Crippen LogP contribution in [0.5, 0.6) is 0 Å². The van der Waals surface area contributed by atoms with Crippen molar-refractivity contribution in [2.45, 2.75) is 13.0 Å². The Morgan fingerprint density at radius 3 is 2.35 bits per heavy atom. The number of esters is 1. The first-order valence-electron chi connectivity index (χ1n) is 6.51. The molecule has 0 bridgehead atoms. The fourth-order valence-electron chi connectivity index (χ4n) is 1.94. The lowest BCUT2D eigenvalue weighted by Crippen LogP contribution is -2.26. The predicted octanol–water partition coefficient (Wildman–Crippen LogP) is 2.57. The van der Waals surface area contributed by atoms with Crippen LogP contribution in [0.3, 0.4) is 0 Å². The van der Waals surface area contributed by atoms with E-state index in [1.165, 1.54) is 7.11 Å². The van der Waals surface area contributed by atoms with E-state index in [1.807, 2.05) is 19.1 Å². The highest BCUT2D eigenvalue weighted by atomic mass is 16.5. The molecule has 0 spiro atoms. The van der Waals surface area contributed by atoms with Gasteiger partial charge in [0.05, 0.1) is 13.7 Å². The van der Waals surface area contributed by atoms with Crippen molar-refractivity contribution >= 4 is 5.97 Å². The van der Waals surface area contributed by atoms with Crippen LogP contribution < -0.4 is 5.32 Å². The Balaban J connectivity index is 2.03. The summed E-state index contributed by atoms with van der Waals surface area (Å²) >= 11 is 0. The molecule has 20 heavy (non-hydrogen) atoms. The number of ether oxygens (including phenoxy) is 1. The van der Waals surface area contributed by atoms with Crippen molar-refractivity contribution in [3.05, 3.63) is 54.4 Å². The minimum atomic E-state index is -0.259. The van der Waals surface area contributed by atoms with Crippen molar-refractivity contribution in [2.24, 2.45) is 0 Å². The highest BCUT2D eigenvalue weighted by Crippen LogP contribution is 2.21. The third kappa shape index (κ3) is 3.65. The molecule has 104 valence electrons. The number of nitrogens with zero attached hydrogens (tertiary/aromatic N) is 1. The van der Waals surface area contributed by atoms with Gasteiger partial charge in [0.2, 0.25) is 0 Å². The fourth-order valence-corrected chi connectivity index (χ4v) is 1.94. The number of hydrogen-bond acceptors (Lipinski definition) is 4. The van der Waals surface area contributed by atoms with Crippen LogP contribution in [0, 0.1) is 0 Å². The number of nitrogens with one attached hydrogen (secondary N) is 1. The van der Waals surface area contributed by atoms with Gasteiger partial charge in [-0.15, -0.1) is 0 Å². The summed E-state index contributed by atoms with van der Waals surface area (Å²) in [5.74, 6) is -0.259. The zero-order valence-corrected chi connectivity index (χ0v) is 11.7. The van der Waals surface area contributed by atoms with E-state index in [-0.39, 0.29) is 18.6 Å². The number of aromatic nitrogens is 1. The number of benzene rings is 1. The molecule has 0 unspecified atom stereocenters. The zero-order valence-electron chi connectivity index (χ0n) is 11.7. The number of pyridine rings is 1. The van der Waals surface area contributed by atoms with E-state index in [1.54, 1.807) is 12.4 Å². The first-order valence-corrected chi connectivity index (χ1v) is 6.51. The lowest BCUT2D eigenvalue weighted by molar-refractivity contribution is -0.139. The Kier molecular flexibility index (Phi) is 4.85. The number of rotatable bonds is 5. The van der Waals surface area contributed by atoms with Gasteiger partial charge >= 0.3 is 5.97 Å². The highest BCUT2D eigenvalue weighted by molar-refractivity contribution is 5.71. The van der Waals surface area contributed by atoms with E-state index in [0.717, 1.165) is 16.7 Å². The van der Waals surface area contributed by atoms with E-state index < -0.39 is 0 Å². The molecule has 0 saturated heterocycles. The Labute approximate surface area is 118 Å². The van der Waals surface area contributed by atoms with Gasteiger partial charge in [0.15, 0.2) is 0 Å². The molecule has 1 aromatic carbocycles. The summed E-state index contributed by atoms with van der Waals surface area (Å²) < 4.78 is 4.61. The van der Waals surface area contributed by atoms with Crippen LogP contribution in [-0.2, 0) is 9.53 Å². The second kappa shape index (κ2) is 6.82. The second-order valence-corrected chi connectivity index (χ2v) is 4.54. The van der Waals surface area contributed by atoms with Gasteiger partial charge in [0.25, 0.3) is 0 Å². The van der Waals surface area contributed by atoms with Gasteiger partial charge in [0, 0.05) is 18.4 Å². The molecule has 0 aliphatic rings. The van der Waals surface area contributed by atoms with Crippen LogP contribution in [-0.4, -0.2) is 24.6 Å². The summed E-state index contributed by atoms with van der Waals surface area (Å²) in [6, 6.07) is 12.3. The maximum Gasteiger partial charge on any atom is 0.319 e. The summed E-state index contributed by atoms with van der Waals surface area (Å²) in [5.41, 5.74) is 3.42. The van der Waals surface area contributed by atoms with Crippen LogP contribution in [0.4, 0.5) is 0 Å². The summed E-state index contributed by atoms with van der Waals surface area (Å²) in [5, 5.41) is 3.12. The quantitative estimate of drug-likeness (QED) is 0.848. The summed E-state index contributed by atoms with van der Waals surface area (Å²) in [6.07, 6.45) is 3.56. The third-order valence-corrected chi connectivity index (χ3v) is 3.20. The molecular weight excluding hydrogens is 252 g/mol. The van der Waals surface area contributed by atoms with E-state index >= 15 is 0 Å². The summed E-state index contributed by atoms with van der Waals surface area (Å²) in [6.45, 7) is 2.23. The highest BCUT2D eigenvalue weighted by Gasteiger charge is 2.07. The van der Waals surface area contributed by atoms with Crippen LogP contribution >= 0.6 is 0 Å². The number of carbonyl (C=O) groups is 1. The van der Waals surface area contributed by atoms with Gasteiger partial charge < -0.3 is 10.1 Å². The first-order chi connectivity index (χ1) is 9.70. The molecule has 4 nitrogen and oxygen atoms in total. The normalized spacial score (nSPS) is 11.9. The topological polar surface area (TPSA) is 51.2 Å². The van der Waals surface area contributed by atoms with E-state index in [0.29, 0.717) is 0 Å². The fraction of sp³-hybridized carbons (Fsp3) is 0.250. The standard InChI is InChI=1S/C16H18N2O2/c1-12(18-11-16(19)20-2)13-3-5-14(6-4-13)15-7-9-17-10-8-15/h3-10,12,18H,11H2,1-2H3/t12-/m1/s1. The maximum absolute atomic E-state index is 11.1. The third-order valence-electron chi connectivity index (χ3n) is 3.20. The van der Waals surface area contributed by atoms with Crippen molar-refractivity contribution < 1.29 is 9.53 Å². The Hall–Kier alpha value is -2.20. The molecule has 0 radical (unpaired) electrons. The SMILES string of the molecule is COC(=O)CN[C@H](C)c1ccc(-c2ccncc2)cc1. The van der Waals surface area contributed by atoms with Crippen molar-refractivity contribution in [2.75, 3.05) is 13.7 Å². The minimum Gasteiger partial charge on any atom is -0.468 e.